The Morgan fingerprint density at radius 1 is 1.37 bits per heavy atom. The Balaban J connectivity index is 2.68. The van der Waals surface area contributed by atoms with Gasteiger partial charge >= 0.3 is 5.97 Å². The van der Waals surface area contributed by atoms with Gasteiger partial charge in [0.15, 0.2) is 5.75 Å². The molecule has 0 aromatic heterocycles. The lowest BCUT2D eigenvalue weighted by Crippen LogP contribution is -2.12. The monoisotopic (exact) mass is 320 g/mol. The molecule has 1 unspecified atom stereocenters. The Bertz CT molecular complexity index is 622. The molecule has 1 atom stereocenters. The van der Waals surface area contributed by atoms with Crippen molar-refractivity contribution in [2.75, 3.05) is 0 Å². The molecule has 1 aromatic rings. The summed E-state index contributed by atoms with van der Waals surface area (Å²) < 4.78 is 5.18. The van der Waals surface area contributed by atoms with Crippen molar-refractivity contribution in [2.24, 2.45) is 0 Å². The number of aliphatic carboxylic acids is 1. The standard InChI is InChI=1S/C12H7Cl3O4/c1-4-7-10(18)12(15)19-11(7)9(14)5(8(4)13)2-3-6(16)17/h2-3,12H,1H3,(H,16,17). The van der Waals surface area contributed by atoms with E-state index in [9.17, 15) is 9.59 Å². The molecule has 0 radical (unpaired) electrons. The van der Waals surface area contributed by atoms with Crippen LogP contribution < -0.4 is 4.74 Å². The van der Waals surface area contributed by atoms with Gasteiger partial charge in [-0.3, -0.25) is 4.79 Å². The zero-order chi connectivity index (χ0) is 14.3. The predicted octanol–water partition coefficient (Wildman–Crippen LogP) is 3.54. The lowest BCUT2D eigenvalue weighted by molar-refractivity contribution is -0.131. The van der Waals surface area contributed by atoms with E-state index in [-0.39, 0.29) is 26.9 Å². The third-order valence-electron chi connectivity index (χ3n) is 2.67. The van der Waals surface area contributed by atoms with Crippen LogP contribution in [0.3, 0.4) is 0 Å². The quantitative estimate of drug-likeness (QED) is 0.668. The molecule has 0 amide bonds. The lowest BCUT2D eigenvalue weighted by Gasteiger charge is -2.10. The van der Waals surface area contributed by atoms with Crippen LogP contribution in [0.2, 0.25) is 10.0 Å². The molecular weight excluding hydrogens is 314 g/mol. The first kappa shape index (κ1) is 14.2. The Morgan fingerprint density at radius 2 is 2.00 bits per heavy atom. The molecule has 0 aliphatic carbocycles. The number of rotatable bonds is 2. The number of ketones is 1. The second-order valence-corrected chi connectivity index (χ2v) is 4.99. The number of carboxylic acid groups (broad SMARTS) is 1. The van der Waals surface area contributed by atoms with Gasteiger partial charge in [-0.05, 0) is 18.6 Å². The van der Waals surface area contributed by atoms with Gasteiger partial charge in [0.05, 0.1) is 15.6 Å². The predicted molar refractivity (Wildman–Crippen MR) is 72.5 cm³/mol. The minimum Gasteiger partial charge on any atom is -0.478 e. The molecule has 100 valence electrons. The van der Waals surface area contributed by atoms with Crippen LogP contribution in [0.15, 0.2) is 6.08 Å². The summed E-state index contributed by atoms with van der Waals surface area (Å²) in [5.41, 5.74) is -0.164. The molecule has 4 nitrogen and oxygen atoms in total. The maximum absolute atomic E-state index is 11.8. The molecule has 0 saturated carbocycles. The highest BCUT2D eigenvalue weighted by molar-refractivity contribution is 6.42. The molecule has 1 aliphatic rings. The number of ether oxygens (including phenoxy) is 1. The normalized spacial score (nSPS) is 17.7. The van der Waals surface area contributed by atoms with E-state index in [0.717, 1.165) is 6.08 Å². The first-order chi connectivity index (χ1) is 8.84. The first-order valence-electron chi connectivity index (χ1n) is 5.12. The van der Waals surface area contributed by atoms with Gasteiger partial charge in [-0.25, -0.2) is 4.79 Å². The van der Waals surface area contributed by atoms with Crippen molar-refractivity contribution in [1.29, 1.82) is 0 Å². The average molecular weight is 322 g/mol. The van der Waals surface area contributed by atoms with Crippen LogP contribution in [0.1, 0.15) is 21.5 Å². The van der Waals surface area contributed by atoms with Gasteiger partial charge in [0.25, 0.3) is 0 Å². The number of hydrogen-bond donors (Lipinski definition) is 1. The fraction of sp³-hybridized carbons (Fsp3) is 0.167. The smallest absolute Gasteiger partial charge is 0.328 e. The first-order valence-corrected chi connectivity index (χ1v) is 6.31. The molecule has 0 spiro atoms. The fourth-order valence-corrected chi connectivity index (χ4v) is 2.58. The molecule has 0 saturated heterocycles. The average Bonchev–Trinajstić information content (AvgIpc) is 2.63. The van der Waals surface area contributed by atoms with E-state index < -0.39 is 17.3 Å². The second kappa shape index (κ2) is 5.04. The molecule has 19 heavy (non-hydrogen) atoms. The maximum Gasteiger partial charge on any atom is 0.328 e. The number of carbonyl (C=O) groups is 2. The van der Waals surface area contributed by atoms with Gasteiger partial charge in [-0.15, -0.1) is 0 Å². The molecule has 2 rings (SSSR count). The van der Waals surface area contributed by atoms with Crippen molar-refractivity contribution >= 4 is 52.6 Å². The van der Waals surface area contributed by atoms with Crippen molar-refractivity contribution in [3.05, 3.63) is 32.8 Å². The Kier molecular flexibility index (Phi) is 3.76. The van der Waals surface area contributed by atoms with Crippen molar-refractivity contribution in [3.8, 4) is 5.75 Å². The molecule has 1 aromatic carbocycles. The number of Topliss-reactive ketones (excluding diaryl/α,β-unsaturated/α-hetero) is 1. The van der Waals surface area contributed by atoms with Crippen molar-refractivity contribution in [3.63, 3.8) is 0 Å². The lowest BCUT2D eigenvalue weighted by atomic mass is 10.0. The molecule has 0 fully saturated rings. The van der Waals surface area contributed by atoms with Crippen LogP contribution in [0.4, 0.5) is 0 Å². The summed E-state index contributed by atoms with van der Waals surface area (Å²) in [7, 11) is 0. The SMILES string of the molecule is Cc1c(Cl)c(C=CC(=O)O)c(Cl)c2c1C(=O)C(Cl)O2. The summed E-state index contributed by atoms with van der Waals surface area (Å²) in [4.78, 5) is 22.4. The molecule has 1 heterocycles. The summed E-state index contributed by atoms with van der Waals surface area (Å²) in [6.45, 7) is 1.62. The third-order valence-corrected chi connectivity index (χ3v) is 3.82. The van der Waals surface area contributed by atoms with Gasteiger partial charge in [0.1, 0.15) is 0 Å². The Hall–Kier alpha value is -1.23. The summed E-state index contributed by atoms with van der Waals surface area (Å²) in [5.74, 6) is -1.41. The highest BCUT2D eigenvalue weighted by Gasteiger charge is 2.36. The highest BCUT2D eigenvalue weighted by Crippen LogP contribution is 2.45. The highest BCUT2D eigenvalue weighted by atomic mass is 35.5. The van der Waals surface area contributed by atoms with E-state index in [1.165, 1.54) is 6.08 Å². The summed E-state index contributed by atoms with van der Waals surface area (Å²) in [5, 5.41) is 8.89. The topological polar surface area (TPSA) is 63.6 Å². The molecule has 0 bridgehead atoms. The van der Waals surface area contributed by atoms with Gasteiger partial charge in [-0.2, -0.15) is 0 Å². The minimum atomic E-state index is -1.14. The number of carbonyl (C=O) groups excluding carboxylic acids is 1. The number of hydrogen-bond acceptors (Lipinski definition) is 3. The number of fused-ring (bicyclic) bond motifs is 1. The van der Waals surface area contributed by atoms with E-state index in [1.54, 1.807) is 6.92 Å². The van der Waals surface area contributed by atoms with Crippen LogP contribution in [-0.4, -0.2) is 22.4 Å². The van der Waals surface area contributed by atoms with Crippen LogP contribution in [0, 0.1) is 6.92 Å². The number of alkyl halides is 1. The van der Waals surface area contributed by atoms with Gasteiger partial charge in [0, 0.05) is 11.6 Å². The van der Waals surface area contributed by atoms with E-state index in [1.807, 2.05) is 0 Å². The van der Waals surface area contributed by atoms with Crippen molar-refractivity contribution in [1.82, 2.24) is 0 Å². The van der Waals surface area contributed by atoms with E-state index in [0.29, 0.717) is 5.56 Å². The molecular formula is C12H7Cl3O4. The molecule has 7 heteroatoms. The van der Waals surface area contributed by atoms with Crippen molar-refractivity contribution < 1.29 is 19.4 Å². The molecule has 1 aliphatic heterocycles. The number of carboxylic acids is 1. The third kappa shape index (κ3) is 2.31. The maximum atomic E-state index is 11.8. The largest absolute Gasteiger partial charge is 0.478 e. The summed E-state index contributed by atoms with van der Waals surface area (Å²) in [6.07, 6.45) is 2.14. The van der Waals surface area contributed by atoms with Crippen LogP contribution in [0.25, 0.3) is 6.08 Å². The van der Waals surface area contributed by atoms with Gasteiger partial charge < -0.3 is 9.84 Å². The minimum absolute atomic E-state index is 0.0691. The second-order valence-electron chi connectivity index (χ2n) is 3.84. The van der Waals surface area contributed by atoms with Gasteiger partial charge in [0.2, 0.25) is 11.3 Å². The van der Waals surface area contributed by atoms with Crippen LogP contribution >= 0.6 is 34.8 Å². The Labute approximate surface area is 123 Å². The zero-order valence-electron chi connectivity index (χ0n) is 9.54. The number of halogens is 3. The van der Waals surface area contributed by atoms with Gasteiger partial charge in [-0.1, -0.05) is 34.8 Å². The van der Waals surface area contributed by atoms with E-state index in [2.05, 4.69) is 0 Å². The Morgan fingerprint density at radius 3 is 2.58 bits per heavy atom. The van der Waals surface area contributed by atoms with Crippen molar-refractivity contribution in [2.45, 2.75) is 12.5 Å². The summed E-state index contributed by atoms with van der Waals surface area (Å²) in [6, 6.07) is 0. The number of benzene rings is 1. The van der Waals surface area contributed by atoms with E-state index >= 15 is 0 Å². The van der Waals surface area contributed by atoms with Crippen LogP contribution in [-0.2, 0) is 4.79 Å². The fourth-order valence-electron chi connectivity index (χ4n) is 1.79. The van der Waals surface area contributed by atoms with E-state index in [4.69, 9.17) is 44.6 Å². The van der Waals surface area contributed by atoms with Crippen LogP contribution in [0.5, 0.6) is 5.75 Å². The molecule has 1 N–H and O–H groups in total. The zero-order valence-corrected chi connectivity index (χ0v) is 11.8. The summed E-state index contributed by atoms with van der Waals surface area (Å²) >= 11 is 17.9.